The van der Waals surface area contributed by atoms with Crippen LogP contribution in [0.4, 0.5) is 24.0 Å². The Bertz CT molecular complexity index is 1050. The summed E-state index contributed by atoms with van der Waals surface area (Å²) in [5.41, 5.74) is 0.268. The number of carbonyl (C=O) groups is 2. The van der Waals surface area contributed by atoms with Crippen LogP contribution in [0.15, 0.2) is 52.9 Å². The highest BCUT2D eigenvalue weighted by Gasteiger charge is 2.33. The SMILES string of the molecule is Cc1ccc(C(=O)Nc2nnc(SCC(=O)Nc3ccccc3C(F)(F)F)s2)cc1. The number of rotatable bonds is 6. The van der Waals surface area contributed by atoms with Crippen LogP contribution in [0.25, 0.3) is 0 Å². The molecule has 0 spiro atoms. The van der Waals surface area contributed by atoms with E-state index in [1.54, 1.807) is 12.1 Å². The standard InChI is InChI=1S/C19H15F3N4O2S2/c1-11-6-8-12(9-7-11)16(28)24-17-25-26-18(30-17)29-10-15(27)23-14-5-3-2-4-13(14)19(20,21)22/h2-9H,10H2,1H3,(H,23,27)(H,24,25,28). The van der Waals surface area contributed by atoms with E-state index in [1.165, 1.54) is 18.2 Å². The molecule has 3 rings (SSSR count). The second-order valence-electron chi connectivity index (χ2n) is 6.07. The number of nitrogens with zero attached hydrogens (tertiary/aromatic N) is 2. The van der Waals surface area contributed by atoms with Crippen LogP contribution in [0, 0.1) is 6.92 Å². The highest BCUT2D eigenvalue weighted by atomic mass is 32.2. The van der Waals surface area contributed by atoms with E-state index in [-0.39, 0.29) is 22.5 Å². The van der Waals surface area contributed by atoms with Gasteiger partial charge in [0.25, 0.3) is 5.91 Å². The Morgan fingerprint density at radius 2 is 1.73 bits per heavy atom. The highest BCUT2D eigenvalue weighted by Crippen LogP contribution is 2.34. The van der Waals surface area contributed by atoms with Crippen molar-refractivity contribution in [3.8, 4) is 0 Å². The van der Waals surface area contributed by atoms with Crippen LogP contribution in [0.5, 0.6) is 0 Å². The average molecular weight is 452 g/mol. The number of aromatic nitrogens is 2. The molecule has 0 radical (unpaired) electrons. The maximum Gasteiger partial charge on any atom is 0.418 e. The summed E-state index contributed by atoms with van der Waals surface area (Å²) in [5, 5.41) is 12.8. The summed E-state index contributed by atoms with van der Waals surface area (Å²) in [4.78, 5) is 24.2. The van der Waals surface area contributed by atoms with Gasteiger partial charge in [-0.1, -0.05) is 52.9 Å². The lowest BCUT2D eigenvalue weighted by molar-refractivity contribution is -0.137. The van der Waals surface area contributed by atoms with Crippen LogP contribution in [-0.2, 0) is 11.0 Å². The third-order valence-corrected chi connectivity index (χ3v) is 5.75. The van der Waals surface area contributed by atoms with Crippen molar-refractivity contribution in [2.45, 2.75) is 17.4 Å². The molecule has 0 saturated heterocycles. The van der Waals surface area contributed by atoms with Gasteiger partial charge in [0.2, 0.25) is 11.0 Å². The lowest BCUT2D eigenvalue weighted by atomic mass is 10.1. The van der Waals surface area contributed by atoms with Crippen molar-refractivity contribution in [3.63, 3.8) is 0 Å². The monoisotopic (exact) mass is 452 g/mol. The largest absolute Gasteiger partial charge is 0.418 e. The van der Waals surface area contributed by atoms with Crippen LogP contribution >= 0.6 is 23.1 Å². The van der Waals surface area contributed by atoms with Crippen molar-refractivity contribution in [2.24, 2.45) is 0 Å². The zero-order chi connectivity index (χ0) is 21.7. The van der Waals surface area contributed by atoms with E-state index in [0.29, 0.717) is 9.90 Å². The van der Waals surface area contributed by atoms with E-state index >= 15 is 0 Å². The zero-order valence-electron chi connectivity index (χ0n) is 15.5. The summed E-state index contributed by atoms with van der Waals surface area (Å²) in [6.45, 7) is 1.91. The number of benzene rings is 2. The molecule has 0 aliphatic heterocycles. The molecular weight excluding hydrogens is 437 g/mol. The van der Waals surface area contributed by atoms with Gasteiger partial charge in [-0.2, -0.15) is 13.2 Å². The molecular formula is C19H15F3N4O2S2. The minimum atomic E-state index is -4.57. The molecule has 2 aromatic carbocycles. The Morgan fingerprint density at radius 1 is 1.03 bits per heavy atom. The minimum Gasteiger partial charge on any atom is -0.325 e. The molecule has 1 aromatic heterocycles. The van der Waals surface area contributed by atoms with Crippen molar-refractivity contribution in [2.75, 3.05) is 16.4 Å². The molecule has 11 heteroatoms. The predicted octanol–water partition coefficient (Wildman–Crippen LogP) is 4.85. The van der Waals surface area contributed by atoms with Gasteiger partial charge in [-0.05, 0) is 31.2 Å². The maximum atomic E-state index is 13.0. The average Bonchev–Trinajstić information content (AvgIpc) is 3.14. The topological polar surface area (TPSA) is 84.0 Å². The molecule has 0 aliphatic carbocycles. The van der Waals surface area contributed by atoms with Crippen LogP contribution in [0.2, 0.25) is 0 Å². The van der Waals surface area contributed by atoms with Gasteiger partial charge in [0.15, 0.2) is 4.34 Å². The number of aryl methyl sites for hydroxylation is 1. The fourth-order valence-electron chi connectivity index (χ4n) is 2.35. The van der Waals surface area contributed by atoms with Gasteiger partial charge in [0.05, 0.1) is 17.0 Å². The van der Waals surface area contributed by atoms with Gasteiger partial charge in [-0.25, -0.2) is 0 Å². The number of para-hydroxylation sites is 1. The van der Waals surface area contributed by atoms with E-state index in [4.69, 9.17) is 0 Å². The number of hydrogen-bond donors (Lipinski definition) is 2. The number of nitrogens with one attached hydrogen (secondary N) is 2. The first-order valence-corrected chi connectivity index (χ1v) is 10.3. The number of alkyl halides is 3. The lowest BCUT2D eigenvalue weighted by Crippen LogP contribution is -2.18. The van der Waals surface area contributed by atoms with E-state index in [9.17, 15) is 22.8 Å². The third kappa shape index (κ3) is 5.80. The Hall–Kier alpha value is -2.92. The molecule has 0 atom stereocenters. The fraction of sp³-hybridized carbons (Fsp3) is 0.158. The fourth-order valence-corrected chi connectivity index (χ4v) is 3.89. The first-order valence-electron chi connectivity index (χ1n) is 8.53. The van der Waals surface area contributed by atoms with Gasteiger partial charge in [0.1, 0.15) is 0 Å². The van der Waals surface area contributed by atoms with Crippen LogP contribution < -0.4 is 10.6 Å². The van der Waals surface area contributed by atoms with Gasteiger partial charge in [-0.15, -0.1) is 10.2 Å². The molecule has 2 N–H and O–H groups in total. The number of hydrogen-bond acceptors (Lipinski definition) is 6. The lowest BCUT2D eigenvalue weighted by Gasteiger charge is -2.13. The highest BCUT2D eigenvalue weighted by molar-refractivity contribution is 8.01. The number of anilines is 2. The summed E-state index contributed by atoms with van der Waals surface area (Å²) in [5.74, 6) is -1.12. The molecule has 2 amide bonds. The van der Waals surface area contributed by atoms with Crippen molar-refractivity contribution in [1.82, 2.24) is 10.2 Å². The molecule has 3 aromatic rings. The Kier molecular flexibility index (Phi) is 6.73. The van der Waals surface area contributed by atoms with Gasteiger partial charge in [-0.3, -0.25) is 14.9 Å². The predicted molar refractivity (Wildman–Crippen MR) is 110 cm³/mol. The summed E-state index contributed by atoms with van der Waals surface area (Å²) < 4.78 is 39.4. The number of carbonyl (C=O) groups excluding carboxylic acids is 2. The van der Waals surface area contributed by atoms with Gasteiger partial charge in [0, 0.05) is 5.56 Å². The number of amides is 2. The maximum absolute atomic E-state index is 13.0. The van der Waals surface area contributed by atoms with E-state index in [2.05, 4.69) is 20.8 Å². The smallest absolute Gasteiger partial charge is 0.325 e. The van der Waals surface area contributed by atoms with Gasteiger partial charge < -0.3 is 5.32 Å². The Labute approximate surface area is 177 Å². The van der Waals surface area contributed by atoms with Gasteiger partial charge >= 0.3 is 6.18 Å². The minimum absolute atomic E-state index is 0.160. The van der Waals surface area contributed by atoms with Crippen LogP contribution in [-0.4, -0.2) is 27.8 Å². The molecule has 0 aliphatic rings. The van der Waals surface area contributed by atoms with E-state index in [0.717, 1.165) is 34.7 Å². The van der Waals surface area contributed by atoms with Crippen molar-refractivity contribution < 1.29 is 22.8 Å². The second kappa shape index (κ2) is 9.26. The molecule has 6 nitrogen and oxygen atoms in total. The first kappa shape index (κ1) is 21.8. The van der Waals surface area contributed by atoms with Crippen LogP contribution in [0.3, 0.4) is 0 Å². The summed E-state index contributed by atoms with van der Waals surface area (Å²) >= 11 is 2.07. The van der Waals surface area contributed by atoms with Crippen LogP contribution in [0.1, 0.15) is 21.5 Å². The Balaban J connectivity index is 1.55. The molecule has 1 heterocycles. The summed E-state index contributed by atoms with van der Waals surface area (Å²) in [7, 11) is 0. The quantitative estimate of drug-likeness (QED) is 0.413. The molecule has 30 heavy (non-hydrogen) atoms. The van der Waals surface area contributed by atoms with E-state index in [1.807, 2.05) is 19.1 Å². The van der Waals surface area contributed by atoms with E-state index < -0.39 is 17.6 Å². The first-order chi connectivity index (χ1) is 14.2. The molecule has 0 unspecified atom stereocenters. The molecule has 156 valence electrons. The van der Waals surface area contributed by atoms with Crippen molar-refractivity contribution >= 4 is 45.7 Å². The normalized spacial score (nSPS) is 11.2. The molecule has 0 fully saturated rings. The zero-order valence-corrected chi connectivity index (χ0v) is 17.1. The summed E-state index contributed by atoms with van der Waals surface area (Å²) in [6, 6.07) is 11.7. The van der Waals surface area contributed by atoms with Crippen molar-refractivity contribution in [3.05, 3.63) is 65.2 Å². The third-order valence-electron chi connectivity index (χ3n) is 3.77. The summed E-state index contributed by atoms with van der Waals surface area (Å²) in [6.07, 6.45) is -4.57. The Morgan fingerprint density at radius 3 is 2.43 bits per heavy atom. The second-order valence-corrected chi connectivity index (χ2v) is 8.27. The number of thioether (sulfide) groups is 1. The molecule has 0 bridgehead atoms. The van der Waals surface area contributed by atoms with Crippen molar-refractivity contribution in [1.29, 1.82) is 0 Å². The molecule has 0 saturated carbocycles. The number of halogens is 3.